The summed E-state index contributed by atoms with van der Waals surface area (Å²) in [5, 5.41) is 14.5. The van der Waals surface area contributed by atoms with Gasteiger partial charge in [0.2, 0.25) is 0 Å². The van der Waals surface area contributed by atoms with Gasteiger partial charge < -0.3 is 5.11 Å². The Morgan fingerprint density at radius 1 is 0.489 bits per heavy atom. The first-order chi connectivity index (χ1) is 22.3. The number of aromatic nitrogens is 2. The molecule has 0 amide bonds. The van der Waals surface area contributed by atoms with E-state index in [1.807, 2.05) is 18.2 Å². The first-order valence-corrected chi connectivity index (χ1v) is 15.3. The summed E-state index contributed by atoms with van der Waals surface area (Å²) in [7, 11) is 0. The van der Waals surface area contributed by atoms with Crippen molar-refractivity contribution >= 4 is 21.8 Å². The van der Waals surface area contributed by atoms with Gasteiger partial charge in [-0.2, -0.15) is 0 Å². The Kier molecular flexibility index (Phi) is 5.80. The quantitative estimate of drug-likeness (QED) is 0.226. The van der Waals surface area contributed by atoms with Crippen molar-refractivity contribution in [2.75, 3.05) is 0 Å². The van der Waals surface area contributed by atoms with Gasteiger partial charge in [0.25, 0.3) is 0 Å². The second-order valence-electron chi connectivity index (χ2n) is 11.6. The maximum atomic E-state index is 12.3. The Morgan fingerprint density at radius 2 is 1.04 bits per heavy atom. The van der Waals surface area contributed by atoms with Gasteiger partial charge in [-0.3, -0.25) is 4.57 Å². The Hall–Kier alpha value is -5.77. The summed E-state index contributed by atoms with van der Waals surface area (Å²) in [5.74, 6) is 0.778. The summed E-state index contributed by atoms with van der Waals surface area (Å²) in [6.45, 7) is 0. The van der Waals surface area contributed by atoms with Crippen LogP contribution in [-0.2, 0) is 0 Å². The fraction of sp³-hybridized carbons (Fsp3) is 0.0238. The predicted molar refractivity (Wildman–Crippen MR) is 185 cm³/mol. The highest BCUT2D eigenvalue weighted by Gasteiger charge is 2.32. The van der Waals surface area contributed by atoms with Gasteiger partial charge in [0.05, 0.1) is 11.0 Å². The molecule has 3 nitrogen and oxygen atoms in total. The maximum absolute atomic E-state index is 12.3. The van der Waals surface area contributed by atoms with E-state index in [1.54, 1.807) is 0 Å². The van der Waals surface area contributed by atoms with E-state index in [-0.39, 0.29) is 0 Å². The van der Waals surface area contributed by atoms with Gasteiger partial charge >= 0.3 is 0 Å². The lowest BCUT2D eigenvalue weighted by Gasteiger charge is -2.27. The minimum Gasteiger partial charge on any atom is -0.369 e. The number of hydrogen-bond acceptors (Lipinski definition) is 2. The molecule has 1 N–H and O–H groups in total. The molecule has 1 aliphatic rings. The highest BCUT2D eigenvalue weighted by molar-refractivity contribution is 6.12. The van der Waals surface area contributed by atoms with E-state index >= 15 is 0 Å². The minimum absolute atomic E-state index is 0.778. The number of imidazole rings is 1. The van der Waals surface area contributed by atoms with Crippen molar-refractivity contribution in [2.45, 2.75) is 6.23 Å². The van der Waals surface area contributed by atoms with Crippen molar-refractivity contribution in [1.82, 2.24) is 9.55 Å². The standard InChI is InChI=1S/C42H28N2O/c45-42-34-25-24-31(27-14-5-1-6-15-27)32-22-13-23-33(38(32)34)41-43-39-37(30-20-11-4-12-21-30)35(28-16-7-2-8-17-28)26-36(40(39)44(41)42)29-18-9-3-10-19-29/h1-26,42,45H. The van der Waals surface area contributed by atoms with Gasteiger partial charge in [0.1, 0.15) is 5.82 Å². The Labute approximate surface area is 261 Å². The molecule has 0 spiro atoms. The molecule has 7 aromatic carbocycles. The molecular formula is C42H28N2O. The lowest BCUT2D eigenvalue weighted by Crippen LogP contribution is -2.16. The second-order valence-corrected chi connectivity index (χ2v) is 11.6. The summed E-state index contributed by atoms with van der Waals surface area (Å²) >= 11 is 0. The number of benzene rings is 7. The molecule has 1 aromatic heterocycles. The van der Waals surface area contributed by atoms with Gasteiger partial charge in [-0.05, 0) is 44.8 Å². The van der Waals surface area contributed by atoms with E-state index in [1.165, 1.54) is 0 Å². The molecule has 0 saturated heterocycles. The van der Waals surface area contributed by atoms with Crippen LogP contribution < -0.4 is 0 Å². The molecule has 1 unspecified atom stereocenters. The maximum Gasteiger partial charge on any atom is 0.159 e. The monoisotopic (exact) mass is 576 g/mol. The fourth-order valence-electron chi connectivity index (χ4n) is 7.13. The molecule has 0 aliphatic carbocycles. The third kappa shape index (κ3) is 3.91. The summed E-state index contributed by atoms with van der Waals surface area (Å²) in [6.07, 6.45) is -0.902. The summed E-state index contributed by atoms with van der Waals surface area (Å²) in [5.41, 5.74) is 12.5. The average molecular weight is 577 g/mol. The Bertz CT molecular complexity index is 2360. The smallest absolute Gasteiger partial charge is 0.159 e. The molecule has 45 heavy (non-hydrogen) atoms. The molecular weight excluding hydrogens is 548 g/mol. The molecule has 8 aromatic rings. The topological polar surface area (TPSA) is 38.1 Å². The van der Waals surface area contributed by atoms with Crippen LogP contribution in [0.5, 0.6) is 0 Å². The van der Waals surface area contributed by atoms with Gasteiger partial charge in [-0.1, -0.05) is 152 Å². The Morgan fingerprint density at radius 3 is 1.67 bits per heavy atom. The van der Waals surface area contributed by atoms with Gasteiger partial charge in [-0.15, -0.1) is 0 Å². The normalized spacial score (nSPS) is 13.7. The molecule has 3 heteroatoms. The van der Waals surface area contributed by atoms with Crippen LogP contribution in [-0.4, -0.2) is 14.7 Å². The van der Waals surface area contributed by atoms with Crippen molar-refractivity contribution in [1.29, 1.82) is 0 Å². The third-order valence-corrected chi connectivity index (χ3v) is 9.11. The zero-order valence-electron chi connectivity index (χ0n) is 24.4. The van der Waals surface area contributed by atoms with Crippen molar-refractivity contribution in [2.24, 2.45) is 0 Å². The van der Waals surface area contributed by atoms with Crippen LogP contribution in [0.1, 0.15) is 11.8 Å². The summed E-state index contributed by atoms with van der Waals surface area (Å²) in [6, 6.07) is 54.9. The van der Waals surface area contributed by atoms with Crippen LogP contribution in [0.25, 0.3) is 77.7 Å². The average Bonchev–Trinajstić information content (AvgIpc) is 3.52. The van der Waals surface area contributed by atoms with Crippen LogP contribution in [0.2, 0.25) is 0 Å². The summed E-state index contributed by atoms with van der Waals surface area (Å²) in [4.78, 5) is 5.48. The number of fused-ring (bicyclic) bond motifs is 4. The highest BCUT2D eigenvalue weighted by Crippen LogP contribution is 2.49. The van der Waals surface area contributed by atoms with Crippen LogP contribution >= 0.6 is 0 Å². The zero-order valence-corrected chi connectivity index (χ0v) is 24.4. The van der Waals surface area contributed by atoms with Crippen molar-refractivity contribution < 1.29 is 5.11 Å². The number of aliphatic hydroxyl groups excluding tert-OH is 1. The lowest BCUT2D eigenvalue weighted by atomic mass is 9.88. The molecule has 0 bridgehead atoms. The molecule has 0 fully saturated rings. The van der Waals surface area contributed by atoms with E-state index in [0.29, 0.717) is 0 Å². The van der Waals surface area contributed by atoms with E-state index in [4.69, 9.17) is 4.98 Å². The number of hydrogen-bond donors (Lipinski definition) is 1. The molecule has 1 aliphatic heterocycles. The second kappa shape index (κ2) is 10.2. The van der Waals surface area contributed by atoms with Crippen LogP contribution in [0.4, 0.5) is 0 Å². The van der Waals surface area contributed by atoms with Crippen molar-refractivity contribution in [3.05, 3.63) is 163 Å². The van der Waals surface area contributed by atoms with Crippen LogP contribution in [0, 0.1) is 0 Å². The van der Waals surface area contributed by atoms with Gasteiger partial charge in [-0.25, -0.2) is 4.98 Å². The fourth-order valence-corrected chi connectivity index (χ4v) is 7.13. The molecule has 212 valence electrons. The molecule has 0 radical (unpaired) electrons. The van der Waals surface area contributed by atoms with E-state index < -0.39 is 6.23 Å². The van der Waals surface area contributed by atoms with Crippen molar-refractivity contribution in [3.63, 3.8) is 0 Å². The van der Waals surface area contributed by atoms with Crippen LogP contribution in [0.15, 0.2) is 158 Å². The molecule has 9 rings (SSSR count). The highest BCUT2D eigenvalue weighted by atomic mass is 16.3. The first-order valence-electron chi connectivity index (χ1n) is 15.3. The van der Waals surface area contributed by atoms with E-state index in [2.05, 4.69) is 144 Å². The van der Waals surface area contributed by atoms with E-state index in [9.17, 15) is 5.11 Å². The number of nitrogens with zero attached hydrogens (tertiary/aromatic N) is 2. The summed E-state index contributed by atoms with van der Waals surface area (Å²) < 4.78 is 2.05. The lowest BCUT2D eigenvalue weighted by molar-refractivity contribution is 0.152. The molecule has 0 saturated carbocycles. The predicted octanol–water partition coefficient (Wildman–Crippen LogP) is 10.4. The van der Waals surface area contributed by atoms with Crippen LogP contribution in [0.3, 0.4) is 0 Å². The largest absolute Gasteiger partial charge is 0.369 e. The zero-order chi connectivity index (χ0) is 29.9. The first kappa shape index (κ1) is 25.7. The number of rotatable bonds is 4. The number of aliphatic hydroxyl groups is 1. The Balaban J connectivity index is 1.43. The van der Waals surface area contributed by atoms with E-state index in [0.717, 1.165) is 83.3 Å². The van der Waals surface area contributed by atoms with Gasteiger partial charge in [0, 0.05) is 27.6 Å². The minimum atomic E-state index is -0.902. The van der Waals surface area contributed by atoms with Gasteiger partial charge in [0.15, 0.2) is 6.23 Å². The van der Waals surface area contributed by atoms with Crippen molar-refractivity contribution in [3.8, 4) is 55.9 Å². The molecule has 2 heterocycles. The SMILES string of the molecule is OC1c2ccc(-c3ccccc3)c3cccc(c23)-c2nc3c(-c4ccccc4)c(-c4ccccc4)cc(-c4ccccc4)c3n21. The molecule has 1 atom stereocenters. The third-order valence-electron chi connectivity index (χ3n) is 9.11.